The number of rotatable bonds is 1. The molecule has 0 spiro atoms. The number of esters is 1. The Morgan fingerprint density at radius 3 is 2.25 bits per heavy atom. The molecule has 0 amide bonds. The van der Waals surface area contributed by atoms with Crippen LogP contribution in [-0.4, -0.2) is 12.1 Å². The summed E-state index contributed by atoms with van der Waals surface area (Å²) < 4.78 is 5.56. The molecule has 0 bridgehead atoms. The van der Waals surface area contributed by atoms with Crippen molar-refractivity contribution in [1.82, 2.24) is 0 Å². The van der Waals surface area contributed by atoms with Crippen LogP contribution < -0.4 is 0 Å². The fourth-order valence-corrected chi connectivity index (χ4v) is 2.71. The summed E-state index contributed by atoms with van der Waals surface area (Å²) in [5.41, 5.74) is 0. The Morgan fingerprint density at radius 2 is 1.55 bits per heavy atom. The molecule has 0 N–H and O–H groups in total. The maximum absolute atomic E-state index is 11.8. The van der Waals surface area contributed by atoms with Gasteiger partial charge in [-0.2, -0.15) is 0 Å². The molecule has 2 nitrogen and oxygen atoms in total. The van der Waals surface area contributed by atoms with Gasteiger partial charge < -0.3 is 4.74 Å². The third-order valence-corrected chi connectivity index (χ3v) is 4.07. The van der Waals surface area contributed by atoms with Crippen molar-refractivity contribution < 1.29 is 9.53 Å². The fourth-order valence-electron chi connectivity index (χ4n) is 2.71. The predicted octanol–water partition coefficient (Wildman–Crippen LogP) is 5.56. The minimum absolute atomic E-state index is 0.0108. The first kappa shape index (κ1) is 17.3. The lowest BCUT2D eigenvalue weighted by Gasteiger charge is -2.15. The van der Waals surface area contributed by atoms with Crippen LogP contribution in [0.5, 0.6) is 0 Å². The maximum Gasteiger partial charge on any atom is 0.306 e. The van der Waals surface area contributed by atoms with Gasteiger partial charge in [0.15, 0.2) is 0 Å². The van der Waals surface area contributed by atoms with Gasteiger partial charge in [0.05, 0.1) is 0 Å². The van der Waals surface area contributed by atoms with Crippen LogP contribution in [0.3, 0.4) is 0 Å². The van der Waals surface area contributed by atoms with Gasteiger partial charge in [0, 0.05) is 6.42 Å². The van der Waals surface area contributed by atoms with Crippen LogP contribution in [0.2, 0.25) is 0 Å². The number of allylic oxidation sites excluding steroid dienone is 2. The first-order chi connectivity index (χ1) is 9.83. The van der Waals surface area contributed by atoms with Crippen molar-refractivity contribution in [3.8, 4) is 0 Å². The summed E-state index contributed by atoms with van der Waals surface area (Å²) in [4.78, 5) is 11.8. The highest BCUT2D eigenvalue weighted by atomic mass is 16.5. The topological polar surface area (TPSA) is 26.3 Å². The van der Waals surface area contributed by atoms with Gasteiger partial charge in [-0.05, 0) is 44.9 Å². The Hall–Kier alpha value is -0.790. The first-order valence-corrected chi connectivity index (χ1v) is 8.67. The Morgan fingerprint density at radius 1 is 0.950 bits per heavy atom. The Bertz CT molecular complexity index is 271. The highest BCUT2D eigenvalue weighted by Gasteiger charge is 2.11. The van der Waals surface area contributed by atoms with E-state index in [1.807, 2.05) is 0 Å². The number of carbonyl (C=O) groups is 1. The van der Waals surface area contributed by atoms with E-state index in [1.165, 1.54) is 44.9 Å². The van der Waals surface area contributed by atoms with Gasteiger partial charge in [-0.1, -0.05) is 51.2 Å². The van der Waals surface area contributed by atoms with Crippen LogP contribution in [0.1, 0.15) is 90.4 Å². The largest absolute Gasteiger partial charge is 0.462 e. The molecular formula is C18H32O2. The smallest absolute Gasteiger partial charge is 0.306 e. The first-order valence-electron chi connectivity index (χ1n) is 8.67. The van der Waals surface area contributed by atoms with E-state index in [0.717, 1.165) is 32.1 Å². The summed E-state index contributed by atoms with van der Waals surface area (Å²) >= 11 is 0. The highest BCUT2D eigenvalue weighted by Crippen LogP contribution is 2.14. The summed E-state index contributed by atoms with van der Waals surface area (Å²) in [6.45, 7) is 2.11. The minimum atomic E-state index is 0.0108. The Kier molecular flexibility index (Phi) is 10.3. The molecule has 20 heavy (non-hydrogen) atoms. The molecular weight excluding hydrogens is 248 g/mol. The van der Waals surface area contributed by atoms with Gasteiger partial charge in [-0.25, -0.2) is 0 Å². The lowest BCUT2D eigenvalue weighted by molar-refractivity contribution is -0.149. The van der Waals surface area contributed by atoms with Crippen LogP contribution in [0.4, 0.5) is 0 Å². The van der Waals surface area contributed by atoms with Crippen molar-refractivity contribution in [2.24, 2.45) is 0 Å². The van der Waals surface area contributed by atoms with E-state index >= 15 is 0 Å². The van der Waals surface area contributed by atoms with Crippen molar-refractivity contribution in [2.45, 2.75) is 96.5 Å². The van der Waals surface area contributed by atoms with E-state index in [2.05, 4.69) is 19.1 Å². The number of hydrogen-bond donors (Lipinski definition) is 0. The molecule has 0 aromatic heterocycles. The Balaban J connectivity index is 2.33. The molecule has 0 saturated carbocycles. The molecule has 1 aliphatic heterocycles. The van der Waals surface area contributed by atoms with E-state index in [0.29, 0.717) is 6.42 Å². The van der Waals surface area contributed by atoms with Crippen molar-refractivity contribution in [3.63, 3.8) is 0 Å². The minimum Gasteiger partial charge on any atom is -0.462 e. The SMILES string of the molecule is CCC1CCC/C=C\CCCCCCCCCC(=O)O1. The second kappa shape index (κ2) is 12.0. The zero-order chi connectivity index (χ0) is 14.5. The van der Waals surface area contributed by atoms with Gasteiger partial charge in [-0.3, -0.25) is 4.79 Å². The summed E-state index contributed by atoms with van der Waals surface area (Å²) in [5, 5.41) is 0. The van der Waals surface area contributed by atoms with Gasteiger partial charge in [0.25, 0.3) is 0 Å². The van der Waals surface area contributed by atoms with Gasteiger partial charge in [0.1, 0.15) is 6.10 Å². The molecule has 1 rings (SSSR count). The number of hydrogen-bond acceptors (Lipinski definition) is 2. The van der Waals surface area contributed by atoms with Crippen molar-refractivity contribution in [1.29, 1.82) is 0 Å². The van der Waals surface area contributed by atoms with Gasteiger partial charge in [-0.15, -0.1) is 0 Å². The number of cyclic esters (lactones) is 1. The van der Waals surface area contributed by atoms with Crippen LogP contribution in [0.25, 0.3) is 0 Å². The van der Waals surface area contributed by atoms with Crippen molar-refractivity contribution in [2.75, 3.05) is 0 Å². The monoisotopic (exact) mass is 280 g/mol. The summed E-state index contributed by atoms with van der Waals surface area (Å²) in [6.07, 6.45) is 19.6. The van der Waals surface area contributed by atoms with E-state index in [1.54, 1.807) is 0 Å². The predicted molar refractivity (Wildman–Crippen MR) is 84.7 cm³/mol. The zero-order valence-corrected chi connectivity index (χ0v) is 13.2. The van der Waals surface area contributed by atoms with E-state index < -0.39 is 0 Å². The van der Waals surface area contributed by atoms with Crippen molar-refractivity contribution in [3.05, 3.63) is 12.2 Å². The van der Waals surface area contributed by atoms with Gasteiger partial charge in [0.2, 0.25) is 0 Å². The molecule has 0 radical (unpaired) electrons. The molecule has 0 saturated heterocycles. The van der Waals surface area contributed by atoms with Crippen LogP contribution in [-0.2, 0) is 9.53 Å². The second-order valence-electron chi connectivity index (χ2n) is 5.94. The standard InChI is InChI=1S/C18H32O2/c1-2-17-15-13-11-9-7-5-3-4-6-8-10-12-14-16-18(19)20-17/h7,9,17H,2-6,8,10-16H2,1H3/b9-7-. The molecule has 0 aliphatic carbocycles. The van der Waals surface area contributed by atoms with Crippen LogP contribution in [0.15, 0.2) is 12.2 Å². The molecule has 0 aromatic rings. The lowest BCUT2D eigenvalue weighted by atomic mass is 10.1. The van der Waals surface area contributed by atoms with Crippen LogP contribution in [0, 0.1) is 0 Å². The summed E-state index contributed by atoms with van der Waals surface area (Å²) in [5.74, 6) is 0.0108. The number of ether oxygens (including phenoxy) is 1. The third-order valence-electron chi connectivity index (χ3n) is 4.07. The van der Waals surface area contributed by atoms with Crippen LogP contribution >= 0.6 is 0 Å². The Labute approximate surface area is 125 Å². The molecule has 2 heteroatoms. The highest BCUT2D eigenvalue weighted by molar-refractivity contribution is 5.69. The second-order valence-corrected chi connectivity index (χ2v) is 5.94. The fraction of sp³-hybridized carbons (Fsp3) is 0.833. The molecule has 1 heterocycles. The molecule has 1 aliphatic rings. The molecule has 116 valence electrons. The average Bonchev–Trinajstić information content (AvgIpc) is 2.45. The maximum atomic E-state index is 11.8. The van der Waals surface area contributed by atoms with E-state index in [9.17, 15) is 4.79 Å². The number of carbonyl (C=O) groups excluding carboxylic acids is 1. The summed E-state index contributed by atoms with van der Waals surface area (Å²) in [7, 11) is 0. The molecule has 1 unspecified atom stereocenters. The molecule has 0 aromatic carbocycles. The van der Waals surface area contributed by atoms with E-state index in [-0.39, 0.29) is 12.1 Å². The average molecular weight is 280 g/mol. The lowest BCUT2D eigenvalue weighted by Crippen LogP contribution is -2.17. The molecule has 0 fully saturated rings. The van der Waals surface area contributed by atoms with Crippen molar-refractivity contribution >= 4 is 5.97 Å². The van der Waals surface area contributed by atoms with E-state index in [4.69, 9.17) is 4.74 Å². The third kappa shape index (κ3) is 9.17. The quantitative estimate of drug-likeness (QED) is 0.464. The molecule has 1 atom stereocenters. The van der Waals surface area contributed by atoms with Gasteiger partial charge >= 0.3 is 5.97 Å². The zero-order valence-electron chi connectivity index (χ0n) is 13.2. The normalized spacial score (nSPS) is 26.4. The summed E-state index contributed by atoms with van der Waals surface area (Å²) in [6, 6.07) is 0.